The molecule has 6 nitrogen and oxygen atoms in total. The van der Waals surface area contributed by atoms with Crippen LogP contribution < -0.4 is 0 Å². The van der Waals surface area contributed by atoms with E-state index in [4.69, 9.17) is 4.42 Å². The third-order valence-electron chi connectivity index (χ3n) is 3.83. The van der Waals surface area contributed by atoms with Gasteiger partial charge < -0.3 is 14.1 Å². The number of nitrogens with zero attached hydrogens (tertiary/aromatic N) is 2. The van der Waals surface area contributed by atoms with Gasteiger partial charge >= 0.3 is 5.97 Å². The lowest BCUT2D eigenvalue weighted by Gasteiger charge is -2.19. The monoisotopic (exact) mass is 356 g/mol. The Bertz CT molecular complexity index is 737. The van der Waals surface area contributed by atoms with Gasteiger partial charge in [0.1, 0.15) is 6.26 Å². The number of aromatic nitrogens is 1. The van der Waals surface area contributed by atoms with E-state index in [1.54, 1.807) is 17.1 Å². The smallest absolute Gasteiger partial charge is 0.360 e. The van der Waals surface area contributed by atoms with Gasteiger partial charge in [0, 0.05) is 12.6 Å². The van der Waals surface area contributed by atoms with Gasteiger partial charge in [-0.3, -0.25) is 4.79 Å². The van der Waals surface area contributed by atoms with Crippen LogP contribution in [-0.2, 0) is 16.1 Å². The van der Waals surface area contributed by atoms with Gasteiger partial charge in [0.25, 0.3) is 0 Å². The highest BCUT2D eigenvalue weighted by Gasteiger charge is 2.17. The first kappa shape index (κ1) is 19.4. The maximum absolute atomic E-state index is 12.6. The maximum Gasteiger partial charge on any atom is 0.360 e. The Labute approximate surface area is 153 Å². The van der Waals surface area contributed by atoms with Crippen molar-refractivity contribution >= 4 is 18.0 Å². The Morgan fingerprint density at radius 3 is 2.69 bits per heavy atom. The molecule has 0 bridgehead atoms. The minimum absolute atomic E-state index is 0.100. The molecule has 0 unspecified atom stereocenters. The van der Waals surface area contributed by atoms with Crippen molar-refractivity contribution in [3.05, 3.63) is 59.8 Å². The number of hydrogen-bond donors (Lipinski definition) is 0. The molecule has 0 aliphatic rings. The van der Waals surface area contributed by atoms with Crippen LogP contribution in [-0.4, -0.2) is 35.4 Å². The number of oxazole rings is 1. The van der Waals surface area contributed by atoms with Crippen molar-refractivity contribution in [2.45, 2.75) is 32.7 Å². The molecule has 1 aromatic heterocycles. The third kappa shape index (κ3) is 5.88. The Hall–Kier alpha value is -2.89. The normalized spacial score (nSPS) is 10.8. The zero-order valence-corrected chi connectivity index (χ0v) is 15.2. The minimum atomic E-state index is -0.562. The summed E-state index contributed by atoms with van der Waals surface area (Å²) in [6, 6.07) is 9.64. The summed E-state index contributed by atoms with van der Waals surface area (Å²) < 4.78 is 9.92. The Morgan fingerprint density at radius 2 is 2.00 bits per heavy atom. The first-order valence-corrected chi connectivity index (χ1v) is 8.68. The lowest BCUT2D eigenvalue weighted by Crippen LogP contribution is -2.30. The van der Waals surface area contributed by atoms with Gasteiger partial charge in [-0.1, -0.05) is 50.1 Å². The molecule has 0 aliphatic heterocycles. The van der Waals surface area contributed by atoms with Gasteiger partial charge in [-0.25, -0.2) is 9.78 Å². The number of amides is 1. The predicted molar refractivity (Wildman–Crippen MR) is 98.3 cm³/mol. The van der Waals surface area contributed by atoms with E-state index in [2.05, 4.69) is 16.6 Å². The third-order valence-corrected chi connectivity index (χ3v) is 3.83. The molecule has 26 heavy (non-hydrogen) atoms. The van der Waals surface area contributed by atoms with Crippen LogP contribution in [0, 0.1) is 0 Å². The fourth-order valence-electron chi connectivity index (χ4n) is 2.40. The van der Waals surface area contributed by atoms with E-state index in [-0.39, 0.29) is 18.1 Å². The highest BCUT2D eigenvalue weighted by atomic mass is 16.5. The number of carbonyl (C=O) groups is 2. The molecule has 0 spiro atoms. The van der Waals surface area contributed by atoms with Crippen LogP contribution in [0.5, 0.6) is 0 Å². The van der Waals surface area contributed by atoms with Crippen LogP contribution in [0.1, 0.15) is 48.1 Å². The van der Waals surface area contributed by atoms with E-state index in [1.165, 1.54) is 13.4 Å². The lowest BCUT2D eigenvalue weighted by atomic mass is 10.2. The highest BCUT2D eigenvalue weighted by molar-refractivity contribution is 5.91. The second kappa shape index (κ2) is 10.2. The summed E-state index contributed by atoms with van der Waals surface area (Å²) in [6.07, 6.45) is 7.57. The fraction of sp³-hybridized carbons (Fsp3) is 0.350. The van der Waals surface area contributed by atoms with E-state index in [1.807, 2.05) is 30.3 Å². The van der Waals surface area contributed by atoms with Crippen molar-refractivity contribution in [2.75, 3.05) is 13.7 Å². The summed E-state index contributed by atoms with van der Waals surface area (Å²) in [5.41, 5.74) is 1.06. The number of carbonyl (C=O) groups excluding carboxylic acids is 2. The maximum atomic E-state index is 12.6. The van der Waals surface area contributed by atoms with Crippen molar-refractivity contribution in [2.24, 2.45) is 0 Å². The first-order chi connectivity index (χ1) is 12.6. The molecule has 0 saturated heterocycles. The van der Waals surface area contributed by atoms with Gasteiger partial charge in [-0.15, -0.1) is 0 Å². The molecule has 0 fully saturated rings. The Morgan fingerprint density at radius 1 is 1.23 bits per heavy atom. The standard InChI is InChI=1S/C20H24N2O4/c1-3-4-8-13-22(14-18-21-17(15-26-18)20(24)25-2)19(23)12-11-16-9-6-5-7-10-16/h5-7,9-12,15H,3-4,8,13-14H2,1-2H3. The quantitative estimate of drug-likeness (QED) is 0.389. The van der Waals surface area contributed by atoms with Crippen LogP contribution in [0.4, 0.5) is 0 Å². The SMILES string of the molecule is CCCCCN(Cc1nc(C(=O)OC)co1)C(=O)C=Cc1ccccc1. The van der Waals surface area contributed by atoms with E-state index >= 15 is 0 Å². The van der Waals surface area contributed by atoms with Crippen molar-refractivity contribution in [3.8, 4) is 0 Å². The van der Waals surface area contributed by atoms with Crippen LogP contribution in [0.3, 0.4) is 0 Å². The highest BCUT2D eigenvalue weighted by Crippen LogP contribution is 2.10. The summed E-state index contributed by atoms with van der Waals surface area (Å²) in [5, 5.41) is 0. The second-order valence-corrected chi connectivity index (χ2v) is 5.83. The van der Waals surface area contributed by atoms with Gasteiger partial charge in [-0.2, -0.15) is 0 Å². The average Bonchev–Trinajstić information content (AvgIpc) is 3.14. The first-order valence-electron chi connectivity index (χ1n) is 8.68. The zero-order valence-electron chi connectivity index (χ0n) is 15.2. The molecule has 0 atom stereocenters. The number of unbranched alkanes of at least 4 members (excludes halogenated alkanes) is 2. The Balaban J connectivity index is 2.06. The lowest BCUT2D eigenvalue weighted by molar-refractivity contribution is -0.126. The summed E-state index contributed by atoms with van der Waals surface area (Å²) in [6.45, 7) is 2.92. The van der Waals surface area contributed by atoms with Crippen molar-refractivity contribution in [1.29, 1.82) is 0 Å². The molecule has 1 heterocycles. The molecular weight excluding hydrogens is 332 g/mol. The van der Waals surface area contributed by atoms with Crippen LogP contribution in [0.25, 0.3) is 6.08 Å². The zero-order chi connectivity index (χ0) is 18.8. The second-order valence-electron chi connectivity index (χ2n) is 5.83. The summed E-state index contributed by atoms with van der Waals surface area (Å²) in [7, 11) is 1.28. The van der Waals surface area contributed by atoms with Crippen LogP contribution in [0.15, 0.2) is 47.1 Å². The molecule has 138 valence electrons. The molecule has 2 rings (SSSR count). The van der Waals surface area contributed by atoms with Crippen molar-refractivity contribution in [1.82, 2.24) is 9.88 Å². The van der Waals surface area contributed by atoms with Crippen molar-refractivity contribution < 1.29 is 18.7 Å². The van der Waals surface area contributed by atoms with E-state index in [0.717, 1.165) is 24.8 Å². The van der Waals surface area contributed by atoms with Crippen molar-refractivity contribution in [3.63, 3.8) is 0 Å². The summed E-state index contributed by atoms with van der Waals surface area (Å²) in [4.78, 5) is 29.8. The summed E-state index contributed by atoms with van der Waals surface area (Å²) in [5.74, 6) is -0.376. The molecular formula is C20H24N2O4. The largest absolute Gasteiger partial charge is 0.464 e. The number of rotatable bonds is 9. The van der Waals surface area contributed by atoms with Gasteiger partial charge in [0.2, 0.25) is 11.8 Å². The van der Waals surface area contributed by atoms with Crippen LogP contribution in [0.2, 0.25) is 0 Å². The number of methoxy groups -OCH3 is 1. The van der Waals surface area contributed by atoms with Gasteiger partial charge in [-0.05, 0) is 18.1 Å². The van der Waals surface area contributed by atoms with E-state index in [0.29, 0.717) is 12.4 Å². The Kier molecular flexibility index (Phi) is 7.61. The number of ether oxygens (including phenoxy) is 1. The van der Waals surface area contributed by atoms with E-state index < -0.39 is 5.97 Å². The van der Waals surface area contributed by atoms with Gasteiger partial charge in [0.15, 0.2) is 5.69 Å². The predicted octanol–water partition coefficient (Wildman–Crippen LogP) is 3.69. The molecule has 2 aromatic rings. The topological polar surface area (TPSA) is 72.6 Å². The number of benzene rings is 1. The van der Waals surface area contributed by atoms with Gasteiger partial charge in [0.05, 0.1) is 13.7 Å². The fourth-order valence-corrected chi connectivity index (χ4v) is 2.40. The molecule has 6 heteroatoms. The molecule has 0 saturated carbocycles. The molecule has 0 aliphatic carbocycles. The molecule has 1 amide bonds. The average molecular weight is 356 g/mol. The van der Waals surface area contributed by atoms with Crippen LogP contribution >= 0.6 is 0 Å². The number of esters is 1. The molecule has 0 N–H and O–H groups in total. The molecule has 1 aromatic carbocycles. The number of hydrogen-bond acceptors (Lipinski definition) is 5. The minimum Gasteiger partial charge on any atom is -0.464 e. The molecule has 0 radical (unpaired) electrons. The summed E-state index contributed by atoms with van der Waals surface area (Å²) >= 11 is 0. The van der Waals surface area contributed by atoms with E-state index in [9.17, 15) is 9.59 Å².